The van der Waals surface area contributed by atoms with Crippen molar-refractivity contribution in [3.05, 3.63) is 30.0 Å². The number of hydrogen-bond donors (Lipinski definition) is 1. The third kappa shape index (κ3) is 2.86. The molecule has 0 spiro atoms. The number of esters is 1. The molecular weight excluding hydrogens is 284 g/mol. The van der Waals surface area contributed by atoms with Gasteiger partial charge in [-0.3, -0.25) is 14.4 Å². The predicted molar refractivity (Wildman–Crippen MR) is 81.9 cm³/mol. The van der Waals surface area contributed by atoms with Crippen LogP contribution in [0.1, 0.15) is 31.1 Å². The smallest absolute Gasteiger partial charge is 0.308 e. The number of ether oxygens (including phenoxy) is 1. The molecule has 2 rings (SSSR count). The van der Waals surface area contributed by atoms with Crippen LogP contribution in [0.4, 0.5) is 0 Å². The van der Waals surface area contributed by atoms with E-state index in [-0.39, 0.29) is 11.3 Å². The Morgan fingerprint density at radius 3 is 2.45 bits per heavy atom. The van der Waals surface area contributed by atoms with Gasteiger partial charge in [-0.1, -0.05) is 6.07 Å². The number of carbonyl (C=O) groups excluding carboxylic acids is 3. The number of hydrogen-bond acceptors (Lipinski definition) is 4. The van der Waals surface area contributed by atoms with E-state index in [1.54, 1.807) is 18.2 Å². The summed E-state index contributed by atoms with van der Waals surface area (Å²) < 4.78 is 5.13. The van der Waals surface area contributed by atoms with Crippen LogP contribution in [-0.2, 0) is 9.59 Å². The van der Waals surface area contributed by atoms with Crippen LogP contribution in [0, 0.1) is 0 Å². The summed E-state index contributed by atoms with van der Waals surface area (Å²) in [5.41, 5.74) is 0.846. The molecule has 0 unspecified atom stereocenters. The minimum Gasteiger partial charge on any atom is -0.426 e. The molecule has 1 heterocycles. The highest BCUT2D eigenvalue weighted by Gasteiger charge is 2.25. The number of nitrogens with zero attached hydrogens (tertiary/aromatic N) is 1. The van der Waals surface area contributed by atoms with E-state index in [2.05, 4.69) is 4.98 Å². The summed E-state index contributed by atoms with van der Waals surface area (Å²) in [4.78, 5) is 40.3. The van der Waals surface area contributed by atoms with Crippen LogP contribution in [-0.4, -0.2) is 40.6 Å². The standard InChI is InChI=1S/C16H18N2O4/c1-4-18(5-2)16(21)15(20)11-9-17-12-7-6-8-13(14(11)12)22-10(3)19/h6-9,17H,4-5H2,1-3H3. The number of aromatic nitrogens is 1. The van der Waals surface area contributed by atoms with E-state index in [0.29, 0.717) is 24.0 Å². The Morgan fingerprint density at radius 2 is 1.86 bits per heavy atom. The van der Waals surface area contributed by atoms with Crippen LogP contribution in [0.2, 0.25) is 0 Å². The van der Waals surface area contributed by atoms with E-state index in [1.807, 2.05) is 13.8 Å². The van der Waals surface area contributed by atoms with Gasteiger partial charge in [0.2, 0.25) is 0 Å². The fourth-order valence-corrected chi connectivity index (χ4v) is 2.34. The molecule has 0 aliphatic rings. The molecule has 0 fully saturated rings. The molecule has 1 aromatic heterocycles. The lowest BCUT2D eigenvalue weighted by Gasteiger charge is -2.17. The average Bonchev–Trinajstić information content (AvgIpc) is 2.92. The first-order valence-electron chi connectivity index (χ1n) is 7.11. The second-order valence-corrected chi connectivity index (χ2v) is 4.78. The molecule has 116 valence electrons. The molecule has 22 heavy (non-hydrogen) atoms. The molecule has 2 aromatic rings. The summed E-state index contributed by atoms with van der Waals surface area (Å²) in [5, 5.41) is 0.447. The Hall–Kier alpha value is -2.63. The number of rotatable bonds is 5. The Balaban J connectivity index is 2.49. The van der Waals surface area contributed by atoms with Crippen LogP contribution >= 0.6 is 0 Å². The van der Waals surface area contributed by atoms with E-state index >= 15 is 0 Å². The van der Waals surface area contributed by atoms with Gasteiger partial charge in [0, 0.05) is 31.7 Å². The maximum atomic E-state index is 12.5. The maximum Gasteiger partial charge on any atom is 0.308 e. The third-order valence-corrected chi connectivity index (χ3v) is 3.41. The summed E-state index contributed by atoms with van der Waals surface area (Å²) in [7, 11) is 0. The largest absolute Gasteiger partial charge is 0.426 e. The Labute approximate surface area is 128 Å². The Morgan fingerprint density at radius 1 is 1.18 bits per heavy atom. The predicted octanol–water partition coefficient (Wildman–Crippen LogP) is 2.14. The lowest BCUT2D eigenvalue weighted by Crippen LogP contribution is -2.36. The fourth-order valence-electron chi connectivity index (χ4n) is 2.34. The number of carbonyl (C=O) groups is 3. The number of aromatic amines is 1. The maximum absolute atomic E-state index is 12.5. The zero-order valence-corrected chi connectivity index (χ0v) is 12.8. The molecule has 0 bridgehead atoms. The highest BCUT2D eigenvalue weighted by atomic mass is 16.5. The summed E-state index contributed by atoms with van der Waals surface area (Å²) in [6, 6.07) is 5.05. The van der Waals surface area contributed by atoms with Gasteiger partial charge in [-0.2, -0.15) is 0 Å². The molecule has 1 aromatic carbocycles. The van der Waals surface area contributed by atoms with Crippen LogP contribution in [0.25, 0.3) is 10.9 Å². The van der Waals surface area contributed by atoms with Gasteiger partial charge >= 0.3 is 5.97 Å². The molecule has 6 nitrogen and oxygen atoms in total. The van der Waals surface area contributed by atoms with Crippen molar-refractivity contribution in [1.29, 1.82) is 0 Å². The zero-order chi connectivity index (χ0) is 16.3. The van der Waals surface area contributed by atoms with Gasteiger partial charge in [0.15, 0.2) is 0 Å². The number of H-pyrrole nitrogens is 1. The Bertz CT molecular complexity index is 729. The van der Waals surface area contributed by atoms with E-state index in [0.717, 1.165) is 0 Å². The van der Waals surface area contributed by atoms with E-state index < -0.39 is 17.7 Å². The van der Waals surface area contributed by atoms with Crippen molar-refractivity contribution in [2.75, 3.05) is 13.1 Å². The van der Waals surface area contributed by atoms with E-state index in [9.17, 15) is 14.4 Å². The molecule has 0 aliphatic carbocycles. The average molecular weight is 302 g/mol. The van der Waals surface area contributed by atoms with Gasteiger partial charge in [-0.05, 0) is 26.0 Å². The lowest BCUT2D eigenvalue weighted by atomic mass is 10.1. The van der Waals surface area contributed by atoms with Crippen molar-refractivity contribution in [3.63, 3.8) is 0 Å². The van der Waals surface area contributed by atoms with Gasteiger partial charge in [0.05, 0.1) is 10.9 Å². The van der Waals surface area contributed by atoms with E-state index in [4.69, 9.17) is 4.74 Å². The molecule has 0 aliphatic heterocycles. The monoisotopic (exact) mass is 302 g/mol. The number of amides is 1. The highest BCUT2D eigenvalue weighted by Crippen LogP contribution is 2.29. The van der Waals surface area contributed by atoms with Gasteiger partial charge in [0.1, 0.15) is 5.75 Å². The summed E-state index contributed by atoms with van der Waals surface area (Å²) in [6.45, 7) is 5.83. The minimum absolute atomic E-state index is 0.212. The van der Waals surface area contributed by atoms with Crippen molar-refractivity contribution in [1.82, 2.24) is 9.88 Å². The quantitative estimate of drug-likeness (QED) is 0.397. The number of likely N-dealkylation sites (N-methyl/N-ethyl adjacent to an activating group) is 1. The third-order valence-electron chi connectivity index (χ3n) is 3.41. The van der Waals surface area contributed by atoms with Gasteiger partial charge in [-0.15, -0.1) is 0 Å². The highest BCUT2D eigenvalue weighted by molar-refractivity contribution is 6.45. The molecule has 0 radical (unpaired) electrons. The van der Waals surface area contributed by atoms with Gasteiger partial charge in [-0.25, -0.2) is 0 Å². The summed E-state index contributed by atoms with van der Waals surface area (Å²) >= 11 is 0. The second-order valence-electron chi connectivity index (χ2n) is 4.78. The van der Waals surface area contributed by atoms with Gasteiger partial charge < -0.3 is 14.6 Å². The van der Waals surface area contributed by atoms with Crippen molar-refractivity contribution in [2.45, 2.75) is 20.8 Å². The van der Waals surface area contributed by atoms with Crippen LogP contribution in [0.3, 0.4) is 0 Å². The van der Waals surface area contributed by atoms with Crippen molar-refractivity contribution in [2.24, 2.45) is 0 Å². The first-order chi connectivity index (χ1) is 10.5. The van der Waals surface area contributed by atoms with Crippen molar-refractivity contribution >= 4 is 28.6 Å². The van der Waals surface area contributed by atoms with Crippen LogP contribution in [0.15, 0.2) is 24.4 Å². The molecule has 1 N–H and O–H groups in total. The molecular formula is C16H18N2O4. The number of nitrogens with one attached hydrogen (secondary N) is 1. The first kappa shape index (κ1) is 15.8. The normalized spacial score (nSPS) is 10.5. The lowest BCUT2D eigenvalue weighted by molar-refractivity contribution is -0.131. The van der Waals surface area contributed by atoms with Gasteiger partial charge in [0.25, 0.3) is 11.7 Å². The topological polar surface area (TPSA) is 79.5 Å². The SMILES string of the molecule is CCN(CC)C(=O)C(=O)c1c[nH]c2cccc(OC(C)=O)c12. The zero-order valence-electron chi connectivity index (χ0n) is 12.8. The number of benzene rings is 1. The molecule has 6 heteroatoms. The number of Topliss-reactive ketones (excluding diaryl/α,β-unsaturated/α-hetero) is 1. The first-order valence-corrected chi connectivity index (χ1v) is 7.11. The number of ketones is 1. The summed E-state index contributed by atoms with van der Waals surface area (Å²) in [6.07, 6.45) is 1.47. The molecule has 0 saturated heterocycles. The van der Waals surface area contributed by atoms with Crippen LogP contribution < -0.4 is 4.74 Å². The molecule has 1 amide bonds. The van der Waals surface area contributed by atoms with E-state index in [1.165, 1.54) is 18.0 Å². The van der Waals surface area contributed by atoms with Crippen molar-refractivity contribution in [3.8, 4) is 5.75 Å². The second kappa shape index (κ2) is 6.43. The van der Waals surface area contributed by atoms with Crippen molar-refractivity contribution < 1.29 is 19.1 Å². The molecule has 0 atom stereocenters. The summed E-state index contributed by atoms with van der Waals surface area (Å²) in [5.74, 6) is -1.40. The molecule has 0 saturated carbocycles. The Kier molecular flexibility index (Phi) is 4.60. The van der Waals surface area contributed by atoms with Crippen LogP contribution in [0.5, 0.6) is 5.75 Å². The number of fused-ring (bicyclic) bond motifs is 1. The minimum atomic E-state index is -0.616. The fraction of sp³-hybridized carbons (Fsp3) is 0.312.